The van der Waals surface area contributed by atoms with Crippen LogP contribution in [0.4, 0.5) is 5.69 Å². The lowest BCUT2D eigenvalue weighted by atomic mass is 10.0. The maximum absolute atomic E-state index is 5.93. The molecule has 0 aromatic heterocycles. The highest BCUT2D eigenvalue weighted by Gasteiger charge is 2.19. The second-order valence-corrected chi connectivity index (χ2v) is 4.84. The smallest absolute Gasteiger partial charge is 0.142 e. The lowest BCUT2D eigenvalue weighted by Gasteiger charge is -2.32. The molecule has 1 atom stereocenters. The lowest BCUT2D eigenvalue weighted by Crippen LogP contribution is -2.40. The number of nitrogens with two attached hydrogens (primary N) is 1. The van der Waals surface area contributed by atoms with Crippen LogP contribution in [0.15, 0.2) is 18.2 Å². The lowest BCUT2D eigenvalue weighted by molar-refractivity contribution is 0.125. The Morgan fingerprint density at radius 1 is 1.39 bits per heavy atom. The molecule has 0 saturated carbocycles. The molecular formula is C14H22N2O2. The maximum atomic E-state index is 5.93. The van der Waals surface area contributed by atoms with Gasteiger partial charge in [0.25, 0.3) is 0 Å². The Bertz CT molecular complexity index is 395. The van der Waals surface area contributed by atoms with E-state index in [-0.39, 0.29) is 0 Å². The average Bonchev–Trinajstić information content (AvgIpc) is 2.39. The van der Waals surface area contributed by atoms with Crippen LogP contribution in [0.1, 0.15) is 19.3 Å². The Morgan fingerprint density at radius 3 is 2.89 bits per heavy atom. The van der Waals surface area contributed by atoms with Gasteiger partial charge in [-0.05, 0) is 38.6 Å². The molecule has 100 valence electrons. The molecule has 1 heterocycles. The van der Waals surface area contributed by atoms with Gasteiger partial charge in [0, 0.05) is 12.1 Å². The molecule has 0 spiro atoms. The number of nitrogens with zero attached hydrogens (tertiary/aromatic N) is 1. The van der Waals surface area contributed by atoms with Gasteiger partial charge in [-0.25, -0.2) is 0 Å². The first-order valence-electron chi connectivity index (χ1n) is 6.47. The summed E-state index contributed by atoms with van der Waals surface area (Å²) in [6.45, 7) is 1.86. The topological polar surface area (TPSA) is 47.7 Å². The van der Waals surface area contributed by atoms with Crippen LogP contribution in [0.3, 0.4) is 0 Å². The molecule has 1 aromatic carbocycles. The van der Waals surface area contributed by atoms with Crippen molar-refractivity contribution in [2.24, 2.45) is 0 Å². The molecule has 1 aliphatic rings. The fourth-order valence-electron chi connectivity index (χ4n) is 2.33. The largest absolute Gasteiger partial charge is 0.497 e. The normalized spacial score (nSPS) is 20.7. The summed E-state index contributed by atoms with van der Waals surface area (Å²) in [5.41, 5.74) is 6.56. The first-order chi connectivity index (χ1) is 8.70. The Labute approximate surface area is 109 Å². The van der Waals surface area contributed by atoms with Crippen molar-refractivity contribution in [2.75, 3.05) is 33.0 Å². The van der Waals surface area contributed by atoms with Crippen LogP contribution in [0.2, 0.25) is 0 Å². The molecule has 2 N–H and O–H groups in total. The van der Waals surface area contributed by atoms with E-state index in [2.05, 4.69) is 11.9 Å². The number of hydrogen-bond acceptors (Lipinski definition) is 4. The minimum absolute atomic E-state index is 0.500. The zero-order valence-electron chi connectivity index (χ0n) is 11.2. The van der Waals surface area contributed by atoms with Gasteiger partial charge in [-0.1, -0.05) is 6.42 Å². The Morgan fingerprint density at radius 2 is 2.22 bits per heavy atom. The third kappa shape index (κ3) is 3.07. The van der Waals surface area contributed by atoms with E-state index in [4.69, 9.17) is 15.2 Å². The third-order valence-electron chi connectivity index (χ3n) is 3.57. The van der Waals surface area contributed by atoms with Gasteiger partial charge in [0.1, 0.15) is 18.1 Å². The fraction of sp³-hybridized carbons (Fsp3) is 0.571. The predicted molar refractivity (Wildman–Crippen MR) is 73.2 cm³/mol. The fourth-order valence-corrected chi connectivity index (χ4v) is 2.33. The molecule has 1 saturated heterocycles. The van der Waals surface area contributed by atoms with E-state index >= 15 is 0 Å². The van der Waals surface area contributed by atoms with Crippen LogP contribution in [0.25, 0.3) is 0 Å². The molecule has 1 aromatic rings. The van der Waals surface area contributed by atoms with Gasteiger partial charge in [-0.2, -0.15) is 0 Å². The number of piperidine rings is 1. The van der Waals surface area contributed by atoms with Crippen molar-refractivity contribution in [3.63, 3.8) is 0 Å². The van der Waals surface area contributed by atoms with Crippen LogP contribution in [0, 0.1) is 0 Å². The van der Waals surface area contributed by atoms with Crippen molar-refractivity contribution >= 4 is 5.69 Å². The van der Waals surface area contributed by atoms with Crippen LogP contribution >= 0.6 is 0 Å². The Balaban J connectivity index is 1.93. The molecule has 1 fully saturated rings. The van der Waals surface area contributed by atoms with E-state index in [0.717, 1.165) is 18.0 Å². The van der Waals surface area contributed by atoms with Gasteiger partial charge in [0.15, 0.2) is 0 Å². The van der Waals surface area contributed by atoms with Crippen LogP contribution in [-0.2, 0) is 0 Å². The molecule has 4 heteroatoms. The highest BCUT2D eigenvalue weighted by atomic mass is 16.5. The van der Waals surface area contributed by atoms with Gasteiger partial charge < -0.3 is 20.1 Å². The standard InChI is InChI=1S/C14H22N2O2/c1-16-8-4-3-5-11(16)10-18-14-7-6-12(17-2)9-13(14)15/h6-7,9,11H,3-5,8,10,15H2,1-2H3. The molecule has 0 aliphatic carbocycles. The molecule has 1 unspecified atom stereocenters. The molecule has 0 amide bonds. The monoisotopic (exact) mass is 250 g/mol. The average molecular weight is 250 g/mol. The number of rotatable bonds is 4. The molecule has 0 radical (unpaired) electrons. The number of likely N-dealkylation sites (tertiary alicyclic amines) is 1. The quantitative estimate of drug-likeness (QED) is 0.832. The summed E-state index contributed by atoms with van der Waals surface area (Å²) in [4.78, 5) is 2.36. The highest BCUT2D eigenvalue weighted by Crippen LogP contribution is 2.27. The zero-order valence-corrected chi connectivity index (χ0v) is 11.2. The van der Waals surface area contributed by atoms with Crippen molar-refractivity contribution < 1.29 is 9.47 Å². The summed E-state index contributed by atoms with van der Waals surface area (Å²) < 4.78 is 10.9. The van der Waals surface area contributed by atoms with Crippen molar-refractivity contribution in [1.29, 1.82) is 0 Å². The van der Waals surface area contributed by atoms with E-state index in [1.54, 1.807) is 13.2 Å². The molecular weight excluding hydrogens is 228 g/mol. The predicted octanol–water partition coefficient (Wildman–Crippen LogP) is 2.14. The summed E-state index contributed by atoms with van der Waals surface area (Å²) in [5, 5.41) is 0. The highest BCUT2D eigenvalue weighted by molar-refractivity contribution is 5.56. The second-order valence-electron chi connectivity index (χ2n) is 4.84. The molecule has 18 heavy (non-hydrogen) atoms. The van der Waals surface area contributed by atoms with Crippen molar-refractivity contribution in [1.82, 2.24) is 4.90 Å². The van der Waals surface area contributed by atoms with E-state index < -0.39 is 0 Å². The van der Waals surface area contributed by atoms with E-state index in [1.807, 2.05) is 12.1 Å². The number of anilines is 1. The van der Waals surface area contributed by atoms with Crippen molar-refractivity contribution in [2.45, 2.75) is 25.3 Å². The molecule has 4 nitrogen and oxygen atoms in total. The number of ether oxygens (including phenoxy) is 2. The van der Waals surface area contributed by atoms with Gasteiger partial charge in [-0.3, -0.25) is 0 Å². The maximum Gasteiger partial charge on any atom is 0.142 e. The molecule has 1 aliphatic heterocycles. The first-order valence-corrected chi connectivity index (χ1v) is 6.47. The molecule has 2 rings (SSSR count). The van der Waals surface area contributed by atoms with Gasteiger partial charge in [0.05, 0.1) is 12.8 Å². The van der Waals surface area contributed by atoms with Gasteiger partial charge in [-0.15, -0.1) is 0 Å². The number of benzene rings is 1. The van der Waals surface area contributed by atoms with Crippen molar-refractivity contribution in [3.8, 4) is 11.5 Å². The first kappa shape index (κ1) is 13.0. The second kappa shape index (κ2) is 5.96. The Kier molecular flexibility index (Phi) is 4.31. The SMILES string of the molecule is COc1ccc(OCC2CCCCN2C)c(N)c1. The Hall–Kier alpha value is -1.42. The van der Waals surface area contributed by atoms with E-state index in [1.165, 1.54) is 19.3 Å². The number of hydrogen-bond donors (Lipinski definition) is 1. The van der Waals surface area contributed by atoms with E-state index in [0.29, 0.717) is 18.3 Å². The van der Waals surface area contributed by atoms with Gasteiger partial charge >= 0.3 is 0 Å². The molecule has 0 bridgehead atoms. The zero-order chi connectivity index (χ0) is 13.0. The van der Waals surface area contributed by atoms with Crippen LogP contribution < -0.4 is 15.2 Å². The third-order valence-corrected chi connectivity index (χ3v) is 3.57. The number of methoxy groups -OCH3 is 1. The summed E-state index contributed by atoms with van der Waals surface area (Å²) in [7, 11) is 3.79. The van der Waals surface area contributed by atoms with Crippen molar-refractivity contribution in [3.05, 3.63) is 18.2 Å². The summed E-state index contributed by atoms with van der Waals surface area (Å²) in [6, 6.07) is 6.04. The van der Waals surface area contributed by atoms with Crippen LogP contribution in [0.5, 0.6) is 11.5 Å². The summed E-state index contributed by atoms with van der Waals surface area (Å²) in [6.07, 6.45) is 3.78. The van der Waals surface area contributed by atoms with Crippen LogP contribution in [-0.4, -0.2) is 38.3 Å². The van der Waals surface area contributed by atoms with Gasteiger partial charge in [0.2, 0.25) is 0 Å². The number of nitrogen functional groups attached to an aromatic ring is 1. The minimum Gasteiger partial charge on any atom is -0.497 e. The summed E-state index contributed by atoms with van der Waals surface area (Å²) >= 11 is 0. The number of likely N-dealkylation sites (N-methyl/N-ethyl adjacent to an activating group) is 1. The van der Waals surface area contributed by atoms with E-state index in [9.17, 15) is 0 Å². The summed E-state index contributed by atoms with van der Waals surface area (Å²) in [5.74, 6) is 1.50. The minimum atomic E-state index is 0.500.